The number of nitrogens with zero attached hydrogens (tertiary/aromatic N) is 1. The van der Waals surface area contributed by atoms with Crippen molar-refractivity contribution in [3.8, 4) is 0 Å². The van der Waals surface area contributed by atoms with Gasteiger partial charge in [0.15, 0.2) is 0 Å². The molecule has 2 aromatic carbocycles. The fourth-order valence-electron chi connectivity index (χ4n) is 4.27. The average molecular weight is 466 g/mol. The van der Waals surface area contributed by atoms with Crippen LogP contribution in [-0.2, 0) is 14.3 Å². The molecule has 0 atom stereocenters. The molecule has 7 heteroatoms. The van der Waals surface area contributed by atoms with Crippen molar-refractivity contribution in [2.45, 2.75) is 18.4 Å². The monoisotopic (exact) mass is 465 g/mol. The maximum Gasteiger partial charge on any atom is 0.246 e. The van der Waals surface area contributed by atoms with Gasteiger partial charge in [-0.15, -0.1) is 11.8 Å². The largest absolute Gasteiger partial charge is 0.484 e. The van der Waals surface area contributed by atoms with Crippen LogP contribution in [0.5, 0.6) is 0 Å². The first-order chi connectivity index (χ1) is 15.5. The van der Waals surface area contributed by atoms with E-state index in [1.165, 1.54) is 11.8 Å². The van der Waals surface area contributed by atoms with E-state index in [2.05, 4.69) is 0 Å². The van der Waals surface area contributed by atoms with E-state index in [9.17, 15) is 14.4 Å². The molecule has 0 unspecified atom stereocenters. The van der Waals surface area contributed by atoms with Crippen LogP contribution in [0.4, 0.5) is 0 Å². The highest BCUT2D eigenvalue weighted by molar-refractivity contribution is 8.04. The minimum atomic E-state index is -0.490. The van der Waals surface area contributed by atoms with E-state index >= 15 is 0 Å². The Balaban J connectivity index is 1.30. The van der Waals surface area contributed by atoms with Crippen LogP contribution in [0, 0.1) is 0 Å². The van der Waals surface area contributed by atoms with E-state index in [1.54, 1.807) is 35.3 Å². The van der Waals surface area contributed by atoms with Gasteiger partial charge in [-0.1, -0.05) is 54.1 Å². The molecule has 2 heterocycles. The van der Waals surface area contributed by atoms with E-state index in [0.717, 1.165) is 5.56 Å². The second-order valence-corrected chi connectivity index (χ2v) is 9.51. The number of Topliss-reactive ketones (excluding diaryl/α,β-unsaturated/α-hetero) is 2. The Bertz CT molecular complexity index is 1190. The number of hydrogen-bond acceptors (Lipinski definition) is 5. The first-order valence-electron chi connectivity index (χ1n) is 10.4. The Morgan fingerprint density at radius 2 is 1.69 bits per heavy atom. The Hall–Kier alpha value is -2.83. The predicted octanol–water partition coefficient (Wildman–Crippen LogP) is 4.61. The van der Waals surface area contributed by atoms with Gasteiger partial charge < -0.3 is 9.64 Å². The van der Waals surface area contributed by atoms with Crippen molar-refractivity contribution < 1.29 is 19.1 Å². The van der Waals surface area contributed by atoms with Crippen LogP contribution in [0.25, 0.3) is 11.8 Å². The number of allylic oxidation sites excluding steroid dienone is 1. The summed E-state index contributed by atoms with van der Waals surface area (Å²) in [5.74, 6) is 0.0737. The number of halogens is 1. The molecule has 1 saturated heterocycles. The molecule has 2 aromatic rings. The number of rotatable bonds is 2. The first-order valence-corrected chi connectivity index (χ1v) is 11.8. The van der Waals surface area contributed by atoms with Crippen molar-refractivity contribution in [1.82, 2.24) is 4.90 Å². The first kappa shape index (κ1) is 21.0. The van der Waals surface area contributed by atoms with Crippen LogP contribution in [0.3, 0.4) is 0 Å². The van der Waals surface area contributed by atoms with Gasteiger partial charge in [-0.25, -0.2) is 0 Å². The molecule has 0 saturated carbocycles. The van der Waals surface area contributed by atoms with Crippen LogP contribution in [0.15, 0.2) is 59.5 Å². The molecular weight excluding hydrogens is 446 g/mol. The van der Waals surface area contributed by atoms with Crippen LogP contribution < -0.4 is 0 Å². The molecule has 1 amide bonds. The minimum absolute atomic E-state index is 0.0630. The van der Waals surface area contributed by atoms with Gasteiger partial charge in [0.25, 0.3) is 0 Å². The standard InChI is InChI=1S/C25H20ClNO4S/c26-19-8-4-1-5-16(19)9-10-20(28)27-13-11-25(12-14-27)15-32-24-22(30)21(29)17-6-2-3-7-18(17)23(24)31-25/h1-10H,11-15H2. The van der Waals surface area contributed by atoms with E-state index in [1.807, 2.05) is 30.3 Å². The molecule has 162 valence electrons. The lowest BCUT2D eigenvalue weighted by Crippen LogP contribution is -2.50. The minimum Gasteiger partial charge on any atom is -0.484 e. The zero-order valence-corrected chi connectivity index (χ0v) is 18.7. The lowest BCUT2D eigenvalue weighted by Gasteiger charge is -2.45. The van der Waals surface area contributed by atoms with Gasteiger partial charge >= 0.3 is 0 Å². The number of amides is 1. The summed E-state index contributed by atoms with van der Waals surface area (Å²) < 4.78 is 6.45. The smallest absolute Gasteiger partial charge is 0.246 e. The Morgan fingerprint density at radius 3 is 2.44 bits per heavy atom. The second kappa shape index (κ2) is 8.26. The fourth-order valence-corrected chi connectivity index (χ4v) is 5.73. The summed E-state index contributed by atoms with van der Waals surface area (Å²) in [6.07, 6.45) is 4.61. The number of piperidine rings is 1. The quantitative estimate of drug-likeness (QED) is 0.478. The van der Waals surface area contributed by atoms with Crippen LogP contribution in [0.2, 0.25) is 5.02 Å². The topological polar surface area (TPSA) is 63.7 Å². The molecule has 5 nitrogen and oxygen atoms in total. The molecule has 3 aliphatic rings. The Labute approximate surface area is 195 Å². The van der Waals surface area contributed by atoms with Gasteiger partial charge in [-0.3, -0.25) is 14.4 Å². The number of ketones is 2. The predicted molar refractivity (Wildman–Crippen MR) is 125 cm³/mol. The van der Waals surface area contributed by atoms with Gasteiger partial charge in [-0.2, -0.15) is 0 Å². The highest BCUT2D eigenvalue weighted by atomic mass is 35.5. The molecule has 0 radical (unpaired) electrons. The van der Waals surface area contributed by atoms with Crippen molar-refractivity contribution in [3.05, 3.63) is 81.2 Å². The number of benzene rings is 2. The SMILES string of the molecule is O=C1C(=O)c2ccccc2C2=C1SCC1(CCN(C(=O)C=Cc3ccccc3Cl)CC1)O2. The van der Waals surface area contributed by atoms with Crippen molar-refractivity contribution in [1.29, 1.82) is 0 Å². The van der Waals surface area contributed by atoms with Crippen molar-refractivity contribution in [2.24, 2.45) is 0 Å². The summed E-state index contributed by atoms with van der Waals surface area (Å²) in [6.45, 7) is 1.12. The molecule has 32 heavy (non-hydrogen) atoms. The molecule has 1 aliphatic carbocycles. The maximum atomic E-state index is 12.7. The number of hydrogen-bond donors (Lipinski definition) is 0. The number of carbonyl (C=O) groups is 3. The van der Waals surface area contributed by atoms with Gasteiger partial charge in [0.2, 0.25) is 17.5 Å². The summed E-state index contributed by atoms with van der Waals surface area (Å²) in [5, 5.41) is 0.603. The molecule has 0 aromatic heterocycles. The maximum absolute atomic E-state index is 12.7. The second-order valence-electron chi connectivity index (χ2n) is 8.12. The number of fused-ring (bicyclic) bond motifs is 2. The molecular formula is C25H20ClNO4S. The van der Waals surface area contributed by atoms with Gasteiger partial charge in [0.05, 0.1) is 0 Å². The van der Waals surface area contributed by atoms with Crippen LogP contribution >= 0.6 is 23.4 Å². The van der Waals surface area contributed by atoms with Crippen LogP contribution in [0.1, 0.15) is 34.3 Å². The number of ether oxygens (including phenoxy) is 1. The Kier molecular flexibility index (Phi) is 5.43. The lowest BCUT2D eigenvalue weighted by molar-refractivity contribution is -0.129. The third-order valence-electron chi connectivity index (χ3n) is 6.13. The van der Waals surface area contributed by atoms with Gasteiger partial charge in [0.1, 0.15) is 16.3 Å². The molecule has 1 fully saturated rings. The van der Waals surface area contributed by atoms with Crippen molar-refractivity contribution in [2.75, 3.05) is 18.8 Å². The summed E-state index contributed by atoms with van der Waals surface area (Å²) in [4.78, 5) is 39.9. The van der Waals surface area contributed by atoms with Crippen molar-refractivity contribution >= 4 is 52.7 Å². The Morgan fingerprint density at radius 1 is 1.00 bits per heavy atom. The zero-order valence-electron chi connectivity index (χ0n) is 17.2. The van der Waals surface area contributed by atoms with E-state index in [-0.39, 0.29) is 5.91 Å². The van der Waals surface area contributed by atoms with E-state index in [4.69, 9.17) is 16.3 Å². The number of likely N-dealkylation sites (tertiary alicyclic amines) is 1. The highest BCUT2D eigenvalue weighted by Gasteiger charge is 2.46. The summed E-state index contributed by atoms with van der Waals surface area (Å²) >= 11 is 7.56. The van der Waals surface area contributed by atoms with Crippen molar-refractivity contribution in [3.63, 3.8) is 0 Å². The third-order valence-corrected chi connectivity index (χ3v) is 7.80. The van der Waals surface area contributed by atoms with Gasteiger partial charge in [0, 0.05) is 53.9 Å². The van der Waals surface area contributed by atoms with Gasteiger partial charge in [-0.05, 0) is 17.7 Å². The summed E-state index contributed by atoms with van der Waals surface area (Å²) in [7, 11) is 0. The van der Waals surface area contributed by atoms with E-state index in [0.29, 0.717) is 58.5 Å². The fraction of sp³-hybridized carbons (Fsp3) is 0.240. The molecule has 0 bridgehead atoms. The molecule has 1 spiro atoms. The number of carbonyl (C=O) groups excluding carboxylic acids is 3. The molecule has 2 aliphatic heterocycles. The highest BCUT2D eigenvalue weighted by Crippen LogP contribution is 2.47. The number of thioether (sulfide) groups is 1. The van der Waals surface area contributed by atoms with Crippen LogP contribution in [-0.4, -0.2) is 46.8 Å². The normalized spacial score (nSPS) is 19.7. The molecule has 5 rings (SSSR count). The van der Waals surface area contributed by atoms with E-state index < -0.39 is 17.2 Å². The molecule has 0 N–H and O–H groups in total. The zero-order chi connectivity index (χ0) is 22.3. The third kappa shape index (κ3) is 3.67. The lowest BCUT2D eigenvalue weighted by atomic mass is 9.90. The average Bonchev–Trinajstić information content (AvgIpc) is 2.82. The summed E-state index contributed by atoms with van der Waals surface area (Å²) in [6, 6.07) is 14.5. The summed E-state index contributed by atoms with van der Waals surface area (Å²) in [5.41, 5.74) is 1.42.